The van der Waals surface area contributed by atoms with E-state index in [1.54, 1.807) is 6.07 Å². The van der Waals surface area contributed by atoms with Crippen molar-refractivity contribution in [3.05, 3.63) is 27.7 Å². The van der Waals surface area contributed by atoms with Crippen LogP contribution in [0, 0.1) is 12.3 Å². The van der Waals surface area contributed by atoms with Crippen molar-refractivity contribution in [2.24, 2.45) is 11.1 Å². The number of benzene rings is 1. The van der Waals surface area contributed by atoms with Gasteiger partial charge in [-0.05, 0) is 64.7 Å². The number of rotatable bonds is 6. The standard InChI is InChI=1S/C15H23BrN2O2S/c1-3-15(5-4-6-15)10-18-21(19,20)13-8-12(9-17)7-11(2)14(13)16/h7-8,18H,3-6,9-10,17H2,1-2H3. The lowest BCUT2D eigenvalue weighted by molar-refractivity contribution is 0.133. The lowest BCUT2D eigenvalue weighted by Gasteiger charge is -2.41. The fraction of sp³-hybridized carbons (Fsp3) is 0.600. The molecule has 3 N–H and O–H groups in total. The highest BCUT2D eigenvalue weighted by Gasteiger charge is 2.36. The molecule has 1 aliphatic rings. The van der Waals surface area contributed by atoms with Crippen molar-refractivity contribution in [1.29, 1.82) is 0 Å². The van der Waals surface area contributed by atoms with Gasteiger partial charge in [0.25, 0.3) is 0 Å². The Balaban J connectivity index is 2.25. The van der Waals surface area contributed by atoms with E-state index in [1.807, 2.05) is 13.0 Å². The second kappa shape index (κ2) is 6.36. The maximum Gasteiger partial charge on any atom is 0.241 e. The molecular formula is C15H23BrN2O2S. The van der Waals surface area contributed by atoms with Gasteiger partial charge in [-0.15, -0.1) is 0 Å². The second-order valence-electron chi connectivity index (χ2n) is 5.96. The second-order valence-corrected chi connectivity index (χ2v) is 8.49. The number of aryl methyl sites for hydroxylation is 1. The fourth-order valence-corrected chi connectivity index (χ4v) is 5.00. The molecule has 0 aliphatic heterocycles. The van der Waals surface area contributed by atoms with Crippen LogP contribution in [0.15, 0.2) is 21.5 Å². The zero-order valence-corrected chi connectivity index (χ0v) is 15.0. The fourth-order valence-electron chi connectivity index (χ4n) is 2.78. The van der Waals surface area contributed by atoms with Crippen LogP contribution in [0.2, 0.25) is 0 Å². The SMILES string of the molecule is CCC1(CNS(=O)(=O)c2cc(CN)cc(C)c2Br)CCC1. The molecule has 1 aromatic carbocycles. The Kier molecular flexibility index (Phi) is 5.13. The first-order chi connectivity index (χ1) is 9.83. The smallest absolute Gasteiger partial charge is 0.241 e. The molecule has 0 atom stereocenters. The lowest BCUT2D eigenvalue weighted by atomic mass is 9.67. The number of nitrogens with two attached hydrogens (primary N) is 1. The maximum absolute atomic E-state index is 12.6. The summed E-state index contributed by atoms with van der Waals surface area (Å²) in [6.45, 7) is 4.85. The van der Waals surface area contributed by atoms with Crippen molar-refractivity contribution in [2.75, 3.05) is 6.54 Å². The summed E-state index contributed by atoms with van der Waals surface area (Å²) in [5, 5.41) is 0. The Labute approximate surface area is 135 Å². The first-order valence-corrected chi connectivity index (χ1v) is 9.60. The Morgan fingerprint density at radius 2 is 2.05 bits per heavy atom. The van der Waals surface area contributed by atoms with Gasteiger partial charge in [0, 0.05) is 17.6 Å². The Morgan fingerprint density at radius 3 is 2.52 bits per heavy atom. The van der Waals surface area contributed by atoms with Crippen LogP contribution < -0.4 is 10.5 Å². The third-order valence-corrected chi connectivity index (χ3v) is 7.35. The van der Waals surface area contributed by atoms with Crippen LogP contribution in [0.5, 0.6) is 0 Å². The van der Waals surface area contributed by atoms with Gasteiger partial charge < -0.3 is 5.73 Å². The quantitative estimate of drug-likeness (QED) is 0.803. The van der Waals surface area contributed by atoms with Crippen molar-refractivity contribution in [2.45, 2.75) is 51.0 Å². The van der Waals surface area contributed by atoms with Gasteiger partial charge in [0.2, 0.25) is 10.0 Å². The molecule has 0 bridgehead atoms. The Bertz CT molecular complexity index is 619. The van der Waals surface area contributed by atoms with Gasteiger partial charge in [-0.1, -0.05) is 19.4 Å². The summed E-state index contributed by atoms with van der Waals surface area (Å²) in [5.74, 6) is 0. The lowest BCUT2D eigenvalue weighted by Crippen LogP contribution is -2.41. The van der Waals surface area contributed by atoms with E-state index in [4.69, 9.17) is 5.73 Å². The van der Waals surface area contributed by atoms with E-state index in [1.165, 1.54) is 6.42 Å². The number of hydrogen-bond donors (Lipinski definition) is 2. The zero-order chi connectivity index (χ0) is 15.7. The van der Waals surface area contributed by atoms with Crippen molar-refractivity contribution < 1.29 is 8.42 Å². The third-order valence-electron chi connectivity index (χ3n) is 4.61. The monoisotopic (exact) mass is 374 g/mol. The molecule has 2 rings (SSSR count). The predicted molar refractivity (Wildman–Crippen MR) is 88.5 cm³/mol. The molecule has 6 heteroatoms. The summed E-state index contributed by atoms with van der Waals surface area (Å²) in [6.07, 6.45) is 4.42. The van der Waals surface area contributed by atoms with Crippen LogP contribution in [0.4, 0.5) is 0 Å². The average Bonchev–Trinajstić information content (AvgIpc) is 2.40. The largest absolute Gasteiger partial charge is 0.326 e. The molecule has 0 saturated heterocycles. The molecule has 1 saturated carbocycles. The number of halogens is 1. The van der Waals surface area contributed by atoms with Crippen molar-refractivity contribution in [1.82, 2.24) is 4.72 Å². The molecule has 21 heavy (non-hydrogen) atoms. The highest BCUT2D eigenvalue weighted by Crippen LogP contribution is 2.43. The Morgan fingerprint density at radius 1 is 1.38 bits per heavy atom. The minimum absolute atomic E-state index is 0.153. The van der Waals surface area contributed by atoms with E-state index in [9.17, 15) is 8.42 Å². The van der Waals surface area contributed by atoms with Gasteiger partial charge in [-0.2, -0.15) is 0 Å². The number of hydrogen-bond acceptors (Lipinski definition) is 3. The minimum Gasteiger partial charge on any atom is -0.326 e. The zero-order valence-electron chi connectivity index (χ0n) is 12.6. The van der Waals surface area contributed by atoms with Crippen molar-refractivity contribution in [3.63, 3.8) is 0 Å². The summed E-state index contributed by atoms with van der Waals surface area (Å²) in [4.78, 5) is 0.286. The van der Waals surface area contributed by atoms with Gasteiger partial charge in [-0.25, -0.2) is 13.1 Å². The number of sulfonamides is 1. The molecule has 0 heterocycles. The number of nitrogens with one attached hydrogen (secondary N) is 1. The summed E-state index contributed by atoms with van der Waals surface area (Å²) >= 11 is 3.39. The van der Waals surface area contributed by atoms with E-state index >= 15 is 0 Å². The topological polar surface area (TPSA) is 72.2 Å². The van der Waals surface area contributed by atoms with Gasteiger partial charge in [0.05, 0.1) is 4.90 Å². The van der Waals surface area contributed by atoms with Crippen LogP contribution in [0.1, 0.15) is 43.7 Å². The molecule has 1 aliphatic carbocycles. The predicted octanol–water partition coefficient (Wildman–Crippen LogP) is 3.07. The normalized spacial score (nSPS) is 17.5. The van der Waals surface area contributed by atoms with E-state index < -0.39 is 10.0 Å². The molecule has 0 spiro atoms. The van der Waals surface area contributed by atoms with E-state index in [-0.39, 0.29) is 10.3 Å². The summed E-state index contributed by atoms with van der Waals surface area (Å²) in [6, 6.07) is 3.56. The van der Waals surface area contributed by atoms with Gasteiger partial charge in [0.1, 0.15) is 0 Å². The van der Waals surface area contributed by atoms with Gasteiger partial charge >= 0.3 is 0 Å². The van der Waals surface area contributed by atoms with Crippen LogP contribution >= 0.6 is 15.9 Å². The molecule has 0 amide bonds. The highest BCUT2D eigenvalue weighted by atomic mass is 79.9. The Hall–Kier alpha value is -0.430. The van der Waals surface area contributed by atoms with Gasteiger partial charge in [-0.3, -0.25) is 0 Å². The van der Waals surface area contributed by atoms with Crippen LogP contribution in [0.25, 0.3) is 0 Å². The first kappa shape index (κ1) is 16.9. The summed E-state index contributed by atoms with van der Waals surface area (Å²) in [5.41, 5.74) is 7.50. The highest BCUT2D eigenvalue weighted by molar-refractivity contribution is 9.10. The minimum atomic E-state index is -3.52. The van der Waals surface area contributed by atoms with E-state index in [2.05, 4.69) is 27.6 Å². The molecule has 118 valence electrons. The molecule has 0 unspecified atom stereocenters. The van der Waals surface area contributed by atoms with E-state index in [0.717, 1.165) is 30.4 Å². The summed E-state index contributed by atoms with van der Waals surface area (Å²) in [7, 11) is -3.52. The van der Waals surface area contributed by atoms with Crippen LogP contribution in [-0.4, -0.2) is 15.0 Å². The van der Waals surface area contributed by atoms with Gasteiger partial charge in [0.15, 0.2) is 0 Å². The molecule has 0 radical (unpaired) electrons. The average molecular weight is 375 g/mol. The third kappa shape index (κ3) is 3.50. The molecule has 0 aromatic heterocycles. The molecular weight excluding hydrogens is 352 g/mol. The maximum atomic E-state index is 12.6. The molecule has 1 fully saturated rings. The van der Waals surface area contributed by atoms with Crippen LogP contribution in [0.3, 0.4) is 0 Å². The summed E-state index contributed by atoms with van der Waals surface area (Å²) < 4.78 is 28.6. The van der Waals surface area contributed by atoms with Crippen LogP contribution in [-0.2, 0) is 16.6 Å². The first-order valence-electron chi connectivity index (χ1n) is 7.32. The van der Waals surface area contributed by atoms with E-state index in [0.29, 0.717) is 17.6 Å². The van der Waals surface area contributed by atoms with Crippen molar-refractivity contribution in [3.8, 4) is 0 Å². The van der Waals surface area contributed by atoms with Crippen molar-refractivity contribution >= 4 is 26.0 Å². The molecule has 4 nitrogen and oxygen atoms in total. The molecule has 1 aromatic rings.